The highest BCUT2D eigenvalue weighted by Gasteiger charge is 2.15. The van der Waals surface area contributed by atoms with E-state index in [1.807, 2.05) is 11.8 Å². The van der Waals surface area contributed by atoms with Gasteiger partial charge in [0.1, 0.15) is 0 Å². The second kappa shape index (κ2) is 12.0. The molecule has 1 aromatic rings. The predicted molar refractivity (Wildman–Crippen MR) is 110 cm³/mol. The Kier molecular flexibility index (Phi) is 10.4. The Balaban J connectivity index is 2.44. The minimum Gasteiger partial charge on any atom is -0.388 e. The summed E-state index contributed by atoms with van der Waals surface area (Å²) in [6.07, 6.45) is 6.83. The van der Waals surface area contributed by atoms with E-state index in [9.17, 15) is 18.3 Å². The largest absolute Gasteiger partial charge is 0.388 e. The average molecular weight is 399 g/mol. The lowest BCUT2D eigenvalue weighted by atomic mass is 10.0. The zero-order valence-electron chi connectivity index (χ0n) is 16.8. The quantitative estimate of drug-likeness (QED) is 0.496. The van der Waals surface area contributed by atoms with Gasteiger partial charge in [-0.2, -0.15) is 0 Å². The van der Waals surface area contributed by atoms with Crippen LogP contribution in [0.5, 0.6) is 0 Å². The number of carbonyl (C=O) groups is 1. The summed E-state index contributed by atoms with van der Waals surface area (Å²) in [5, 5.41) is 10.3. The number of rotatable bonds is 13. The molecule has 7 heteroatoms. The third kappa shape index (κ3) is 9.77. The standard InChI is InChI=1S/C20H34N2O4S/c1-4-6-7-8-9-16-22(5-2)20(24)15-14-19(23)17-10-12-18(13-11-17)21-27(3,25)26/h10-13,19,21,23H,4-9,14-16H2,1-3H3/t19-/m0/s1. The highest BCUT2D eigenvalue weighted by molar-refractivity contribution is 7.92. The lowest BCUT2D eigenvalue weighted by molar-refractivity contribution is -0.131. The zero-order valence-corrected chi connectivity index (χ0v) is 17.6. The fourth-order valence-corrected chi connectivity index (χ4v) is 3.50. The van der Waals surface area contributed by atoms with Crippen LogP contribution in [0.25, 0.3) is 0 Å². The fraction of sp³-hybridized carbons (Fsp3) is 0.650. The molecule has 0 bridgehead atoms. The molecule has 1 atom stereocenters. The van der Waals surface area contributed by atoms with Crippen molar-refractivity contribution in [2.45, 2.75) is 64.9 Å². The Hall–Kier alpha value is -1.60. The number of sulfonamides is 1. The van der Waals surface area contributed by atoms with Crippen molar-refractivity contribution in [3.05, 3.63) is 29.8 Å². The lowest BCUT2D eigenvalue weighted by Crippen LogP contribution is -2.31. The van der Waals surface area contributed by atoms with Crippen LogP contribution in [0.2, 0.25) is 0 Å². The second-order valence-electron chi connectivity index (χ2n) is 6.94. The van der Waals surface area contributed by atoms with Crippen molar-refractivity contribution in [3.63, 3.8) is 0 Å². The molecule has 1 rings (SSSR count). The predicted octanol–water partition coefficient (Wildman–Crippen LogP) is 3.69. The molecule has 0 aliphatic heterocycles. The molecule has 6 nitrogen and oxygen atoms in total. The molecule has 0 spiro atoms. The van der Waals surface area contributed by atoms with Crippen molar-refractivity contribution < 1.29 is 18.3 Å². The summed E-state index contributed by atoms with van der Waals surface area (Å²) in [6.45, 7) is 5.63. The average Bonchev–Trinajstić information content (AvgIpc) is 2.61. The molecule has 1 amide bonds. The summed E-state index contributed by atoms with van der Waals surface area (Å²) in [5.41, 5.74) is 1.12. The normalized spacial score (nSPS) is 12.6. The molecule has 154 valence electrons. The van der Waals surface area contributed by atoms with Crippen molar-refractivity contribution in [3.8, 4) is 0 Å². The number of hydrogen-bond acceptors (Lipinski definition) is 4. The van der Waals surface area contributed by atoms with Crippen LogP contribution in [-0.2, 0) is 14.8 Å². The maximum atomic E-state index is 12.4. The van der Waals surface area contributed by atoms with Gasteiger partial charge in [0, 0.05) is 25.2 Å². The second-order valence-corrected chi connectivity index (χ2v) is 8.69. The van der Waals surface area contributed by atoms with Gasteiger partial charge in [-0.15, -0.1) is 0 Å². The maximum absolute atomic E-state index is 12.4. The number of amides is 1. The van der Waals surface area contributed by atoms with Gasteiger partial charge < -0.3 is 10.0 Å². The summed E-state index contributed by atoms with van der Waals surface area (Å²) >= 11 is 0. The van der Waals surface area contributed by atoms with E-state index in [0.29, 0.717) is 30.6 Å². The topological polar surface area (TPSA) is 86.7 Å². The fourth-order valence-electron chi connectivity index (χ4n) is 2.94. The SMILES string of the molecule is CCCCCCCN(CC)C(=O)CC[C@H](O)c1ccc(NS(C)(=O)=O)cc1. The molecule has 0 unspecified atom stereocenters. The minimum absolute atomic E-state index is 0.0717. The van der Waals surface area contributed by atoms with Crippen molar-refractivity contribution in [2.24, 2.45) is 0 Å². The van der Waals surface area contributed by atoms with Gasteiger partial charge in [0.15, 0.2) is 0 Å². The number of carbonyl (C=O) groups excluding carboxylic acids is 1. The molecule has 0 radical (unpaired) electrons. The molecule has 0 heterocycles. The van der Waals surface area contributed by atoms with Gasteiger partial charge in [0.2, 0.25) is 15.9 Å². The number of anilines is 1. The molecule has 0 aliphatic carbocycles. The molecule has 0 saturated carbocycles. The monoisotopic (exact) mass is 398 g/mol. The summed E-state index contributed by atoms with van der Waals surface area (Å²) in [5.74, 6) is 0.0717. The van der Waals surface area contributed by atoms with E-state index >= 15 is 0 Å². The first-order valence-electron chi connectivity index (χ1n) is 9.80. The first-order chi connectivity index (χ1) is 12.8. The van der Waals surface area contributed by atoms with Crippen molar-refractivity contribution >= 4 is 21.6 Å². The molecule has 0 saturated heterocycles. The van der Waals surface area contributed by atoms with Gasteiger partial charge in [-0.3, -0.25) is 9.52 Å². The number of aliphatic hydroxyl groups excluding tert-OH is 1. The van der Waals surface area contributed by atoms with Gasteiger partial charge in [0.05, 0.1) is 12.4 Å². The van der Waals surface area contributed by atoms with Crippen LogP contribution < -0.4 is 4.72 Å². The van der Waals surface area contributed by atoms with Crippen LogP contribution in [-0.4, -0.2) is 43.7 Å². The minimum atomic E-state index is -3.32. The molecular weight excluding hydrogens is 364 g/mol. The van der Waals surface area contributed by atoms with Gasteiger partial charge in [-0.25, -0.2) is 8.42 Å². The van der Waals surface area contributed by atoms with Crippen LogP contribution >= 0.6 is 0 Å². The molecule has 0 fully saturated rings. The summed E-state index contributed by atoms with van der Waals surface area (Å²) in [6, 6.07) is 6.56. The Morgan fingerprint density at radius 3 is 2.30 bits per heavy atom. The molecule has 2 N–H and O–H groups in total. The zero-order chi connectivity index (χ0) is 20.3. The smallest absolute Gasteiger partial charge is 0.229 e. The number of nitrogens with zero attached hydrogens (tertiary/aromatic N) is 1. The Bertz CT molecular complexity index is 659. The van der Waals surface area contributed by atoms with Crippen molar-refractivity contribution in [2.75, 3.05) is 24.1 Å². The summed E-state index contributed by atoms with van der Waals surface area (Å²) in [7, 11) is -3.32. The third-order valence-corrected chi connectivity index (χ3v) is 5.10. The highest BCUT2D eigenvalue weighted by atomic mass is 32.2. The Labute approximate surface area is 164 Å². The molecule has 27 heavy (non-hydrogen) atoms. The van der Waals surface area contributed by atoms with E-state index in [1.54, 1.807) is 24.3 Å². The highest BCUT2D eigenvalue weighted by Crippen LogP contribution is 2.21. The van der Waals surface area contributed by atoms with Crippen LogP contribution in [0, 0.1) is 0 Å². The van der Waals surface area contributed by atoms with Crippen LogP contribution in [0.15, 0.2) is 24.3 Å². The first kappa shape index (κ1) is 23.4. The van der Waals surface area contributed by atoms with E-state index in [4.69, 9.17) is 0 Å². The number of nitrogens with one attached hydrogen (secondary N) is 1. The van der Waals surface area contributed by atoms with Crippen molar-refractivity contribution in [1.29, 1.82) is 0 Å². The number of unbranched alkanes of at least 4 members (excludes halogenated alkanes) is 4. The number of benzene rings is 1. The van der Waals surface area contributed by atoms with Crippen molar-refractivity contribution in [1.82, 2.24) is 4.90 Å². The van der Waals surface area contributed by atoms with Crippen LogP contribution in [0.1, 0.15) is 70.5 Å². The maximum Gasteiger partial charge on any atom is 0.229 e. The van der Waals surface area contributed by atoms with E-state index in [-0.39, 0.29) is 5.91 Å². The van der Waals surface area contributed by atoms with Crippen LogP contribution in [0.4, 0.5) is 5.69 Å². The molecule has 0 aromatic heterocycles. The molecule has 1 aromatic carbocycles. The van der Waals surface area contributed by atoms with Gasteiger partial charge in [0.25, 0.3) is 0 Å². The summed E-state index contributed by atoms with van der Waals surface area (Å²) in [4.78, 5) is 14.2. The van der Waals surface area contributed by atoms with Gasteiger partial charge in [-0.1, -0.05) is 44.7 Å². The van der Waals surface area contributed by atoms with Gasteiger partial charge in [-0.05, 0) is 37.5 Å². The van der Waals surface area contributed by atoms with E-state index < -0.39 is 16.1 Å². The van der Waals surface area contributed by atoms with Gasteiger partial charge >= 0.3 is 0 Å². The Morgan fingerprint density at radius 2 is 1.74 bits per heavy atom. The lowest BCUT2D eigenvalue weighted by Gasteiger charge is -2.21. The van der Waals surface area contributed by atoms with E-state index in [0.717, 1.165) is 25.6 Å². The van der Waals surface area contributed by atoms with E-state index in [2.05, 4.69) is 11.6 Å². The third-order valence-electron chi connectivity index (χ3n) is 4.50. The number of aliphatic hydroxyl groups is 1. The molecule has 0 aliphatic rings. The Morgan fingerprint density at radius 1 is 1.11 bits per heavy atom. The van der Waals surface area contributed by atoms with Crippen LogP contribution in [0.3, 0.4) is 0 Å². The number of hydrogen-bond donors (Lipinski definition) is 2. The van der Waals surface area contributed by atoms with E-state index in [1.165, 1.54) is 19.3 Å². The summed E-state index contributed by atoms with van der Waals surface area (Å²) < 4.78 is 24.8. The molecular formula is C20H34N2O4S. The first-order valence-corrected chi connectivity index (χ1v) is 11.7.